The van der Waals surface area contributed by atoms with E-state index in [-0.39, 0.29) is 31.6 Å². The second-order valence-electron chi connectivity index (χ2n) is 7.04. The third-order valence-corrected chi connectivity index (χ3v) is 7.64. The number of sulfonamides is 1. The van der Waals surface area contributed by atoms with Crippen molar-refractivity contribution in [2.45, 2.75) is 51.5 Å². The van der Waals surface area contributed by atoms with Crippen LogP contribution in [0.15, 0.2) is 11.0 Å². The number of hydrogen-bond donors (Lipinski definition) is 0. The number of aryl methyl sites for hydroxylation is 2. The van der Waals surface area contributed by atoms with Gasteiger partial charge in [0.1, 0.15) is 0 Å². The first kappa shape index (κ1) is 18.8. The second-order valence-corrected chi connectivity index (χ2v) is 8.92. The van der Waals surface area contributed by atoms with Crippen molar-refractivity contribution in [3.05, 3.63) is 28.3 Å². The maximum atomic E-state index is 13.2. The molecule has 2 amide bonds. The highest BCUT2D eigenvalue weighted by atomic mass is 32.2. The summed E-state index contributed by atoms with van der Waals surface area (Å²) in [6, 6.07) is 1.70. The minimum atomic E-state index is -3.63. The lowest BCUT2D eigenvalue weighted by Crippen LogP contribution is -2.48. The van der Waals surface area contributed by atoms with Crippen LogP contribution in [-0.4, -0.2) is 55.4 Å². The Morgan fingerprint density at radius 1 is 1.00 bits per heavy atom. The van der Waals surface area contributed by atoms with E-state index in [2.05, 4.69) is 0 Å². The van der Waals surface area contributed by atoms with Gasteiger partial charge in [0.2, 0.25) is 10.0 Å². The standard InChI is InChI=1S/C18H24N2O5S/c1-11-9-12(2)14(4)17(13(11)3)26(23,24)19-7-5-15(6-8-19)20-16(21)10-25-18(20)22/h9,15H,5-8,10H2,1-4H3. The predicted octanol–water partition coefficient (Wildman–Crippen LogP) is 2.05. The monoisotopic (exact) mass is 380 g/mol. The number of hydrogen-bond acceptors (Lipinski definition) is 5. The number of imide groups is 1. The summed E-state index contributed by atoms with van der Waals surface area (Å²) in [6.07, 6.45) is 0.212. The van der Waals surface area contributed by atoms with Crippen molar-refractivity contribution in [1.82, 2.24) is 9.21 Å². The zero-order valence-corrected chi connectivity index (χ0v) is 16.4. The Morgan fingerprint density at radius 2 is 1.54 bits per heavy atom. The molecule has 0 N–H and O–H groups in total. The highest BCUT2D eigenvalue weighted by molar-refractivity contribution is 7.89. The molecule has 1 aromatic carbocycles. The third-order valence-electron chi connectivity index (χ3n) is 5.47. The van der Waals surface area contributed by atoms with Crippen molar-refractivity contribution in [3.8, 4) is 0 Å². The maximum absolute atomic E-state index is 13.2. The lowest BCUT2D eigenvalue weighted by molar-refractivity contribution is -0.127. The summed E-state index contributed by atoms with van der Waals surface area (Å²) in [5, 5.41) is 0. The summed E-state index contributed by atoms with van der Waals surface area (Å²) in [7, 11) is -3.63. The molecule has 0 aromatic heterocycles. The highest BCUT2D eigenvalue weighted by Crippen LogP contribution is 2.31. The first-order valence-corrected chi connectivity index (χ1v) is 10.1. The molecule has 2 aliphatic rings. The minimum absolute atomic E-state index is 0.224. The Hall–Kier alpha value is -1.93. The molecule has 26 heavy (non-hydrogen) atoms. The molecule has 0 unspecified atom stereocenters. The average Bonchev–Trinajstić information content (AvgIpc) is 2.92. The van der Waals surface area contributed by atoms with Gasteiger partial charge < -0.3 is 4.74 Å². The van der Waals surface area contributed by atoms with E-state index in [0.29, 0.717) is 17.7 Å². The number of carbonyl (C=O) groups is 2. The zero-order valence-electron chi connectivity index (χ0n) is 15.5. The molecular formula is C18H24N2O5S. The first-order valence-electron chi connectivity index (χ1n) is 8.71. The van der Waals surface area contributed by atoms with Crippen LogP contribution in [-0.2, 0) is 19.6 Å². The van der Waals surface area contributed by atoms with Gasteiger partial charge in [0, 0.05) is 19.1 Å². The number of benzene rings is 1. The van der Waals surface area contributed by atoms with Crippen LogP contribution in [0.4, 0.5) is 4.79 Å². The van der Waals surface area contributed by atoms with Gasteiger partial charge in [-0.25, -0.2) is 18.1 Å². The van der Waals surface area contributed by atoms with Gasteiger partial charge in [-0.3, -0.25) is 4.79 Å². The number of nitrogens with zero attached hydrogens (tertiary/aromatic N) is 2. The van der Waals surface area contributed by atoms with E-state index in [1.807, 2.05) is 33.8 Å². The van der Waals surface area contributed by atoms with Crippen LogP contribution in [0.5, 0.6) is 0 Å². The molecule has 2 heterocycles. The van der Waals surface area contributed by atoms with Crippen LogP contribution in [0.25, 0.3) is 0 Å². The molecule has 0 bridgehead atoms. The summed E-state index contributed by atoms with van der Waals surface area (Å²) < 4.78 is 32.7. The van der Waals surface area contributed by atoms with E-state index in [0.717, 1.165) is 27.2 Å². The lowest BCUT2D eigenvalue weighted by Gasteiger charge is -2.34. The van der Waals surface area contributed by atoms with Gasteiger partial charge in [0.05, 0.1) is 4.90 Å². The third kappa shape index (κ3) is 3.01. The first-order chi connectivity index (χ1) is 12.1. The molecule has 0 aliphatic carbocycles. The smallest absolute Gasteiger partial charge is 0.417 e. The minimum Gasteiger partial charge on any atom is -0.439 e. The Balaban J connectivity index is 1.83. The van der Waals surface area contributed by atoms with E-state index in [4.69, 9.17) is 4.74 Å². The van der Waals surface area contributed by atoms with Crippen LogP contribution >= 0.6 is 0 Å². The van der Waals surface area contributed by atoms with E-state index in [1.54, 1.807) is 0 Å². The fourth-order valence-corrected chi connectivity index (χ4v) is 5.80. The molecule has 142 valence electrons. The lowest BCUT2D eigenvalue weighted by atomic mass is 10.0. The van der Waals surface area contributed by atoms with Crippen molar-refractivity contribution in [2.75, 3.05) is 19.7 Å². The molecule has 7 nitrogen and oxygen atoms in total. The normalized spacial score (nSPS) is 19.9. The van der Waals surface area contributed by atoms with Gasteiger partial charge in [-0.1, -0.05) is 6.07 Å². The molecule has 0 saturated carbocycles. The molecule has 2 aliphatic heterocycles. The fraction of sp³-hybridized carbons (Fsp3) is 0.556. The Bertz CT molecular complexity index is 828. The second kappa shape index (κ2) is 6.66. The Kier molecular flexibility index (Phi) is 4.83. The summed E-state index contributed by atoms with van der Waals surface area (Å²) in [4.78, 5) is 25.0. The van der Waals surface area contributed by atoms with E-state index in [9.17, 15) is 18.0 Å². The molecular weight excluding hydrogens is 356 g/mol. The highest BCUT2D eigenvalue weighted by Gasteiger charge is 2.40. The van der Waals surface area contributed by atoms with Gasteiger partial charge in [0.15, 0.2) is 6.61 Å². The molecule has 3 rings (SSSR count). The average molecular weight is 380 g/mol. The largest absolute Gasteiger partial charge is 0.439 e. The van der Waals surface area contributed by atoms with Crippen molar-refractivity contribution in [1.29, 1.82) is 0 Å². The molecule has 2 fully saturated rings. The van der Waals surface area contributed by atoms with Gasteiger partial charge in [-0.05, 0) is 62.8 Å². The van der Waals surface area contributed by atoms with Crippen LogP contribution in [0.2, 0.25) is 0 Å². The topological polar surface area (TPSA) is 84.0 Å². The number of ether oxygens (including phenoxy) is 1. The van der Waals surface area contributed by atoms with Crippen LogP contribution < -0.4 is 0 Å². The van der Waals surface area contributed by atoms with E-state index in [1.165, 1.54) is 4.31 Å². The quantitative estimate of drug-likeness (QED) is 0.801. The van der Waals surface area contributed by atoms with E-state index < -0.39 is 16.1 Å². The maximum Gasteiger partial charge on any atom is 0.417 e. The number of carbonyl (C=O) groups excluding carboxylic acids is 2. The van der Waals surface area contributed by atoms with Gasteiger partial charge in [0.25, 0.3) is 5.91 Å². The number of cyclic esters (lactones) is 1. The summed E-state index contributed by atoms with van der Waals surface area (Å²) >= 11 is 0. The molecule has 0 radical (unpaired) electrons. The summed E-state index contributed by atoms with van der Waals surface area (Å²) in [5.41, 5.74) is 3.45. The summed E-state index contributed by atoms with van der Waals surface area (Å²) in [5.74, 6) is -0.350. The van der Waals surface area contributed by atoms with Crippen LogP contribution in [0.3, 0.4) is 0 Å². The van der Waals surface area contributed by atoms with Crippen molar-refractivity contribution < 1.29 is 22.7 Å². The molecule has 0 spiro atoms. The van der Waals surface area contributed by atoms with Gasteiger partial charge in [-0.15, -0.1) is 0 Å². The summed E-state index contributed by atoms with van der Waals surface area (Å²) in [6.45, 7) is 7.82. The Morgan fingerprint density at radius 3 is 2.00 bits per heavy atom. The van der Waals surface area contributed by atoms with Crippen molar-refractivity contribution >= 4 is 22.0 Å². The number of piperidine rings is 1. The predicted molar refractivity (Wildman–Crippen MR) is 95.4 cm³/mol. The van der Waals surface area contributed by atoms with Crippen LogP contribution in [0, 0.1) is 27.7 Å². The number of rotatable bonds is 3. The molecule has 2 saturated heterocycles. The SMILES string of the molecule is Cc1cc(C)c(C)c(S(=O)(=O)N2CCC(N3C(=O)COC3=O)CC2)c1C. The van der Waals surface area contributed by atoms with E-state index >= 15 is 0 Å². The molecule has 1 aromatic rings. The number of amides is 2. The van der Waals surface area contributed by atoms with Crippen LogP contribution in [0.1, 0.15) is 35.1 Å². The zero-order chi connectivity index (χ0) is 19.2. The molecule has 8 heteroatoms. The van der Waals surface area contributed by atoms with Gasteiger partial charge in [-0.2, -0.15) is 4.31 Å². The van der Waals surface area contributed by atoms with Crippen molar-refractivity contribution in [3.63, 3.8) is 0 Å². The fourth-order valence-electron chi connectivity index (χ4n) is 3.75. The van der Waals surface area contributed by atoms with Gasteiger partial charge >= 0.3 is 6.09 Å². The molecule has 0 atom stereocenters. The van der Waals surface area contributed by atoms with Crippen molar-refractivity contribution in [2.24, 2.45) is 0 Å². The Labute approximate surface area is 154 Å².